The molecule has 0 amide bonds. The van der Waals surface area contributed by atoms with E-state index < -0.39 is 0 Å². The molecule has 0 aromatic carbocycles. The third-order valence-electron chi connectivity index (χ3n) is 4.07. The zero-order valence-electron chi connectivity index (χ0n) is 8.61. The summed E-state index contributed by atoms with van der Waals surface area (Å²) in [5, 5.41) is 3.46. The molecule has 0 aromatic rings. The van der Waals surface area contributed by atoms with Crippen LogP contribution in [0.5, 0.6) is 0 Å². The third-order valence-corrected chi connectivity index (χ3v) is 4.07. The highest BCUT2D eigenvalue weighted by Crippen LogP contribution is 2.57. The number of nitrogens with one attached hydrogen (secondary N) is 1. The van der Waals surface area contributed by atoms with Crippen molar-refractivity contribution in [1.82, 2.24) is 5.32 Å². The lowest BCUT2D eigenvalue weighted by molar-refractivity contribution is 0.137. The second kappa shape index (κ2) is 2.47. The number of hydrogen-bond donors (Lipinski definition) is 1. The summed E-state index contributed by atoms with van der Waals surface area (Å²) in [7, 11) is 2.11. The average Bonchev–Trinajstić information content (AvgIpc) is 2.20. The minimum atomic E-state index is 0.667. The Hall–Kier alpha value is -0.0400. The highest BCUT2D eigenvalue weighted by Gasteiger charge is 2.48. The van der Waals surface area contributed by atoms with Crippen molar-refractivity contribution in [1.29, 1.82) is 0 Å². The van der Waals surface area contributed by atoms with Crippen molar-refractivity contribution in [2.75, 3.05) is 7.05 Å². The summed E-state index contributed by atoms with van der Waals surface area (Å²) < 4.78 is 0. The molecule has 0 aromatic heterocycles. The Morgan fingerprint density at radius 2 is 1.58 bits per heavy atom. The normalized spacial score (nSPS) is 52.8. The lowest BCUT2D eigenvalue weighted by atomic mass is 9.69. The minimum absolute atomic E-state index is 0.667. The molecule has 1 unspecified atom stereocenters. The molecule has 0 aliphatic heterocycles. The van der Waals surface area contributed by atoms with Crippen LogP contribution >= 0.6 is 0 Å². The number of hydrogen-bond acceptors (Lipinski definition) is 1. The predicted molar refractivity (Wildman–Crippen MR) is 52.1 cm³/mol. The van der Waals surface area contributed by atoms with Crippen molar-refractivity contribution in [2.24, 2.45) is 10.8 Å². The van der Waals surface area contributed by atoms with Gasteiger partial charge in [-0.2, -0.15) is 0 Å². The molecule has 2 fully saturated rings. The fourth-order valence-electron chi connectivity index (χ4n) is 3.63. The first-order chi connectivity index (χ1) is 5.55. The van der Waals surface area contributed by atoms with Crippen molar-refractivity contribution < 1.29 is 0 Å². The average molecular weight is 167 g/mol. The molecule has 2 bridgehead atoms. The topological polar surface area (TPSA) is 12.0 Å². The van der Waals surface area contributed by atoms with Crippen LogP contribution in [0.1, 0.15) is 46.0 Å². The summed E-state index contributed by atoms with van der Waals surface area (Å²) >= 11 is 0. The van der Waals surface area contributed by atoms with E-state index in [1.54, 1.807) is 0 Å². The smallest absolute Gasteiger partial charge is 0.00744 e. The summed E-state index contributed by atoms with van der Waals surface area (Å²) in [6.07, 6.45) is 7.19. The summed E-state index contributed by atoms with van der Waals surface area (Å²) in [4.78, 5) is 0. The molecule has 70 valence electrons. The van der Waals surface area contributed by atoms with Crippen LogP contribution in [0.25, 0.3) is 0 Å². The van der Waals surface area contributed by atoms with Gasteiger partial charge in [-0.25, -0.2) is 0 Å². The van der Waals surface area contributed by atoms with E-state index in [1.807, 2.05) is 0 Å². The monoisotopic (exact) mass is 167 g/mol. The first-order valence-electron chi connectivity index (χ1n) is 5.23. The fraction of sp³-hybridized carbons (Fsp3) is 1.00. The molecule has 1 nitrogen and oxygen atoms in total. The Morgan fingerprint density at radius 1 is 1.08 bits per heavy atom. The Morgan fingerprint density at radius 3 is 2.00 bits per heavy atom. The molecule has 3 atom stereocenters. The lowest BCUT2D eigenvalue weighted by Crippen LogP contribution is -2.39. The largest absolute Gasteiger partial charge is 0.317 e. The van der Waals surface area contributed by atoms with Crippen LogP contribution < -0.4 is 5.32 Å². The molecular formula is C11H21N. The van der Waals surface area contributed by atoms with Gasteiger partial charge < -0.3 is 5.32 Å². The molecule has 2 aliphatic carbocycles. The fourth-order valence-corrected chi connectivity index (χ4v) is 3.63. The lowest BCUT2D eigenvalue weighted by Gasteiger charge is -2.40. The van der Waals surface area contributed by atoms with Gasteiger partial charge in [0.15, 0.2) is 0 Å². The second-order valence-corrected chi connectivity index (χ2v) is 5.69. The van der Waals surface area contributed by atoms with Gasteiger partial charge in [0.2, 0.25) is 0 Å². The van der Waals surface area contributed by atoms with Crippen molar-refractivity contribution >= 4 is 0 Å². The van der Waals surface area contributed by atoms with E-state index in [-0.39, 0.29) is 0 Å². The molecule has 2 saturated carbocycles. The van der Waals surface area contributed by atoms with Gasteiger partial charge in [0.25, 0.3) is 0 Å². The van der Waals surface area contributed by atoms with Crippen LogP contribution in [0.2, 0.25) is 0 Å². The molecule has 0 radical (unpaired) electrons. The van der Waals surface area contributed by atoms with Gasteiger partial charge in [-0.3, -0.25) is 0 Å². The maximum Gasteiger partial charge on any atom is 0.00744 e. The van der Waals surface area contributed by atoms with Crippen LogP contribution in [-0.2, 0) is 0 Å². The highest BCUT2D eigenvalue weighted by molar-refractivity contribution is 5.01. The van der Waals surface area contributed by atoms with Crippen molar-refractivity contribution in [3.8, 4) is 0 Å². The maximum absolute atomic E-state index is 3.46. The minimum Gasteiger partial charge on any atom is -0.317 e. The third kappa shape index (κ3) is 1.28. The molecule has 12 heavy (non-hydrogen) atoms. The van der Waals surface area contributed by atoms with Gasteiger partial charge >= 0.3 is 0 Å². The summed E-state index contributed by atoms with van der Waals surface area (Å²) in [6, 6.07) is 0.788. The van der Waals surface area contributed by atoms with E-state index in [4.69, 9.17) is 0 Å². The molecular weight excluding hydrogens is 146 g/mol. The van der Waals surface area contributed by atoms with Crippen molar-refractivity contribution in [3.63, 3.8) is 0 Å². The van der Waals surface area contributed by atoms with E-state index in [0.717, 1.165) is 6.04 Å². The summed E-state index contributed by atoms with van der Waals surface area (Å²) in [6.45, 7) is 4.95. The Kier molecular flexibility index (Phi) is 1.76. The Balaban J connectivity index is 2.16. The zero-order valence-corrected chi connectivity index (χ0v) is 8.61. The molecule has 0 spiro atoms. The molecule has 1 N–H and O–H groups in total. The SMILES string of the molecule is CNC1C[C@]2(C)CC[C@](C)(C1)C2. The van der Waals surface area contributed by atoms with Gasteiger partial charge in [-0.05, 0) is 50.0 Å². The molecule has 1 heteroatoms. The van der Waals surface area contributed by atoms with Gasteiger partial charge in [0.05, 0.1) is 0 Å². The Labute approximate surface area is 75.9 Å². The van der Waals surface area contributed by atoms with Crippen LogP contribution in [0.3, 0.4) is 0 Å². The molecule has 2 aliphatic rings. The summed E-state index contributed by atoms with van der Waals surface area (Å²) in [5.74, 6) is 0. The van der Waals surface area contributed by atoms with E-state index in [1.165, 1.54) is 32.1 Å². The highest BCUT2D eigenvalue weighted by atomic mass is 14.9. The maximum atomic E-state index is 3.46. The van der Waals surface area contributed by atoms with Gasteiger partial charge in [0, 0.05) is 6.04 Å². The zero-order chi connectivity index (χ0) is 8.82. The van der Waals surface area contributed by atoms with Crippen LogP contribution in [0.4, 0.5) is 0 Å². The van der Waals surface area contributed by atoms with E-state index in [0.29, 0.717) is 10.8 Å². The molecule has 2 rings (SSSR count). The van der Waals surface area contributed by atoms with E-state index >= 15 is 0 Å². The molecule has 0 saturated heterocycles. The standard InChI is InChI=1S/C11H21N/c1-10-4-5-11(2,8-10)7-9(6-10)12-3/h9,12H,4-8H2,1-3H3/t9?,10-,11+. The van der Waals surface area contributed by atoms with Crippen molar-refractivity contribution in [3.05, 3.63) is 0 Å². The van der Waals surface area contributed by atoms with Crippen LogP contribution in [-0.4, -0.2) is 13.1 Å². The van der Waals surface area contributed by atoms with Gasteiger partial charge in [-0.1, -0.05) is 13.8 Å². The first-order valence-corrected chi connectivity index (χ1v) is 5.23. The molecule has 0 heterocycles. The van der Waals surface area contributed by atoms with Gasteiger partial charge in [0.1, 0.15) is 0 Å². The van der Waals surface area contributed by atoms with E-state index in [9.17, 15) is 0 Å². The van der Waals surface area contributed by atoms with Crippen LogP contribution in [0.15, 0.2) is 0 Å². The predicted octanol–water partition coefficient (Wildman–Crippen LogP) is 2.56. The van der Waals surface area contributed by atoms with Crippen molar-refractivity contribution in [2.45, 2.75) is 52.0 Å². The van der Waals surface area contributed by atoms with Gasteiger partial charge in [-0.15, -0.1) is 0 Å². The van der Waals surface area contributed by atoms with Crippen LogP contribution in [0, 0.1) is 10.8 Å². The van der Waals surface area contributed by atoms with E-state index in [2.05, 4.69) is 26.2 Å². The number of rotatable bonds is 1. The number of fused-ring (bicyclic) bond motifs is 2. The second-order valence-electron chi connectivity index (χ2n) is 5.69. The Bertz CT molecular complexity index is 171. The summed E-state index contributed by atoms with van der Waals surface area (Å²) in [5.41, 5.74) is 1.33. The first kappa shape index (κ1) is 8.55. The quantitative estimate of drug-likeness (QED) is 0.633.